The maximum absolute atomic E-state index is 6.87. The van der Waals surface area contributed by atoms with Gasteiger partial charge < -0.3 is 0 Å². The molecule has 0 saturated heterocycles. The minimum atomic E-state index is 0.592. The van der Waals surface area contributed by atoms with E-state index < -0.39 is 0 Å². The van der Waals surface area contributed by atoms with Gasteiger partial charge >= 0.3 is 0 Å². The van der Waals surface area contributed by atoms with Gasteiger partial charge in [0.25, 0.3) is 0 Å². The van der Waals surface area contributed by atoms with Crippen molar-refractivity contribution in [3.8, 4) is 23.7 Å². The largest absolute Gasteiger partial charge is 0.0816 e. The molecule has 0 nitrogen and oxygen atoms in total. The first-order valence-electron chi connectivity index (χ1n) is 10.1. The number of fused-ring (bicyclic) bond motifs is 2. The first-order chi connectivity index (χ1) is 15.3. The van der Waals surface area contributed by atoms with E-state index in [1.54, 1.807) is 0 Å². The smallest absolute Gasteiger partial charge is 0.0725 e. The molecule has 0 aromatic heterocycles. The minimum Gasteiger partial charge on any atom is -0.0816 e. The molecule has 0 spiro atoms. The summed E-state index contributed by atoms with van der Waals surface area (Å²) in [5.74, 6) is 13.1. The fraction of sp³-hybridized carbons (Fsp3) is 0. The first kappa shape index (κ1) is 19.0. The van der Waals surface area contributed by atoms with Crippen LogP contribution >= 0.6 is 11.6 Å². The second-order valence-electron chi connectivity index (χ2n) is 7.27. The number of benzene rings is 5. The van der Waals surface area contributed by atoms with Crippen molar-refractivity contribution in [1.82, 2.24) is 0 Å². The van der Waals surface area contributed by atoms with Gasteiger partial charge in [-0.3, -0.25) is 0 Å². The van der Waals surface area contributed by atoms with Gasteiger partial charge in [-0.25, -0.2) is 0 Å². The molecule has 5 aromatic rings. The Kier molecular flexibility index (Phi) is 5.16. The summed E-state index contributed by atoms with van der Waals surface area (Å²) < 4.78 is 0. The zero-order chi connectivity index (χ0) is 21.0. The Balaban J connectivity index is 1.75. The third-order valence-electron chi connectivity index (χ3n) is 5.16. The van der Waals surface area contributed by atoms with Crippen LogP contribution in [0.2, 0.25) is 5.02 Å². The van der Waals surface area contributed by atoms with Crippen LogP contribution in [0.15, 0.2) is 103 Å². The van der Waals surface area contributed by atoms with Crippen LogP contribution in [-0.2, 0) is 0 Å². The molecule has 0 atom stereocenters. The molecule has 0 N–H and O–H groups in total. The fourth-order valence-electron chi connectivity index (χ4n) is 3.60. The molecular weight excluding hydrogens is 396 g/mol. The van der Waals surface area contributed by atoms with E-state index in [0.717, 1.165) is 38.4 Å². The standard InChI is InChI=1S/C30H17Cl/c31-30-26(17-15-22-9-3-1-4-10-22)20-27-19-24-13-7-8-14-25(24)21-29(27)28(30)18-16-23-11-5-2-6-12-23/h1-14,19-21H. The normalized spacial score (nSPS) is 10.2. The summed E-state index contributed by atoms with van der Waals surface area (Å²) >= 11 is 6.87. The molecular formula is C30H17Cl. The van der Waals surface area contributed by atoms with E-state index in [2.05, 4.69) is 60.1 Å². The van der Waals surface area contributed by atoms with Crippen LogP contribution < -0.4 is 0 Å². The molecule has 0 fully saturated rings. The fourth-order valence-corrected chi connectivity index (χ4v) is 3.85. The molecule has 0 radical (unpaired) electrons. The summed E-state index contributed by atoms with van der Waals surface area (Å²) in [6.07, 6.45) is 0. The van der Waals surface area contributed by atoms with E-state index in [0.29, 0.717) is 5.02 Å². The van der Waals surface area contributed by atoms with E-state index in [-0.39, 0.29) is 0 Å². The second-order valence-corrected chi connectivity index (χ2v) is 7.64. The summed E-state index contributed by atoms with van der Waals surface area (Å²) in [6.45, 7) is 0. The van der Waals surface area contributed by atoms with Crippen molar-refractivity contribution in [3.63, 3.8) is 0 Å². The van der Waals surface area contributed by atoms with Crippen molar-refractivity contribution in [2.75, 3.05) is 0 Å². The van der Waals surface area contributed by atoms with Crippen molar-refractivity contribution in [2.24, 2.45) is 0 Å². The Morgan fingerprint density at radius 3 is 1.68 bits per heavy atom. The molecule has 0 aliphatic heterocycles. The zero-order valence-corrected chi connectivity index (χ0v) is 17.4. The van der Waals surface area contributed by atoms with Crippen LogP contribution in [0.4, 0.5) is 0 Å². The molecule has 0 aliphatic rings. The lowest BCUT2D eigenvalue weighted by molar-refractivity contribution is 1.62. The van der Waals surface area contributed by atoms with Gasteiger partial charge in [-0.2, -0.15) is 0 Å². The highest BCUT2D eigenvalue weighted by atomic mass is 35.5. The molecule has 31 heavy (non-hydrogen) atoms. The Morgan fingerprint density at radius 2 is 1.03 bits per heavy atom. The van der Waals surface area contributed by atoms with Crippen LogP contribution in [-0.4, -0.2) is 0 Å². The third-order valence-corrected chi connectivity index (χ3v) is 5.56. The van der Waals surface area contributed by atoms with Crippen LogP contribution in [0, 0.1) is 23.7 Å². The summed E-state index contributed by atoms with van der Waals surface area (Å²) in [7, 11) is 0. The summed E-state index contributed by atoms with van der Waals surface area (Å²) in [4.78, 5) is 0. The second kappa shape index (κ2) is 8.41. The molecule has 0 bridgehead atoms. The maximum atomic E-state index is 6.87. The Morgan fingerprint density at radius 1 is 0.484 bits per heavy atom. The van der Waals surface area contributed by atoms with Crippen LogP contribution in [0.25, 0.3) is 21.5 Å². The van der Waals surface area contributed by atoms with E-state index in [1.165, 1.54) is 5.39 Å². The molecule has 144 valence electrons. The topological polar surface area (TPSA) is 0 Å². The Labute approximate surface area is 187 Å². The Hall–Kier alpha value is -3.97. The van der Waals surface area contributed by atoms with E-state index in [4.69, 9.17) is 11.6 Å². The lowest BCUT2D eigenvalue weighted by Crippen LogP contribution is -1.89. The van der Waals surface area contributed by atoms with Gasteiger partial charge in [0, 0.05) is 16.7 Å². The van der Waals surface area contributed by atoms with Gasteiger partial charge in [-0.1, -0.05) is 95.9 Å². The highest BCUT2D eigenvalue weighted by Crippen LogP contribution is 2.32. The SMILES string of the molecule is Clc1c(C#Cc2ccccc2)cc2cc3ccccc3cc2c1C#Cc1ccccc1. The molecule has 0 unspecified atom stereocenters. The average Bonchev–Trinajstić information content (AvgIpc) is 2.82. The van der Waals surface area contributed by atoms with Crippen LogP contribution in [0.5, 0.6) is 0 Å². The summed E-state index contributed by atoms with van der Waals surface area (Å²) in [6, 6.07) is 34.6. The predicted octanol–water partition coefficient (Wildman–Crippen LogP) is 7.45. The highest BCUT2D eigenvalue weighted by Gasteiger charge is 2.11. The lowest BCUT2D eigenvalue weighted by Gasteiger charge is -2.09. The number of rotatable bonds is 0. The molecule has 5 rings (SSSR count). The third kappa shape index (κ3) is 4.04. The molecule has 1 heteroatoms. The van der Waals surface area contributed by atoms with Gasteiger partial charge in [0.15, 0.2) is 0 Å². The molecule has 0 aliphatic carbocycles. The van der Waals surface area contributed by atoms with Gasteiger partial charge in [-0.05, 0) is 64.0 Å². The van der Waals surface area contributed by atoms with E-state index in [1.807, 2.05) is 66.7 Å². The van der Waals surface area contributed by atoms with Crippen molar-refractivity contribution < 1.29 is 0 Å². The maximum Gasteiger partial charge on any atom is 0.0725 e. The van der Waals surface area contributed by atoms with Crippen molar-refractivity contribution >= 4 is 33.1 Å². The minimum absolute atomic E-state index is 0.592. The quantitative estimate of drug-likeness (QED) is 0.183. The zero-order valence-electron chi connectivity index (χ0n) is 16.7. The van der Waals surface area contributed by atoms with Gasteiger partial charge in [0.05, 0.1) is 10.6 Å². The molecule has 0 amide bonds. The van der Waals surface area contributed by atoms with Crippen LogP contribution in [0.1, 0.15) is 22.3 Å². The molecule has 5 aromatic carbocycles. The molecule has 0 heterocycles. The van der Waals surface area contributed by atoms with Crippen molar-refractivity contribution in [1.29, 1.82) is 0 Å². The number of halogens is 1. The Bertz CT molecular complexity index is 1520. The predicted molar refractivity (Wildman–Crippen MR) is 131 cm³/mol. The number of hydrogen-bond donors (Lipinski definition) is 0. The van der Waals surface area contributed by atoms with E-state index >= 15 is 0 Å². The average molecular weight is 413 g/mol. The summed E-state index contributed by atoms with van der Waals surface area (Å²) in [5.41, 5.74) is 3.50. The highest BCUT2D eigenvalue weighted by molar-refractivity contribution is 6.34. The van der Waals surface area contributed by atoms with Crippen LogP contribution in [0.3, 0.4) is 0 Å². The monoisotopic (exact) mass is 412 g/mol. The van der Waals surface area contributed by atoms with Gasteiger partial charge in [0.2, 0.25) is 0 Å². The van der Waals surface area contributed by atoms with E-state index in [9.17, 15) is 0 Å². The first-order valence-corrected chi connectivity index (χ1v) is 10.4. The summed E-state index contributed by atoms with van der Waals surface area (Å²) in [5, 5.41) is 5.06. The number of hydrogen-bond acceptors (Lipinski definition) is 0. The van der Waals surface area contributed by atoms with Crippen molar-refractivity contribution in [3.05, 3.63) is 130 Å². The van der Waals surface area contributed by atoms with Gasteiger partial charge in [0.1, 0.15) is 0 Å². The lowest BCUT2D eigenvalue weighted by atomic mass is 9.97. The van der Waals surface area contributed by atoms with Crippen molar-refractivity contribution in [2.45, 2.75) is 0 Å². The molecule has 0 saturated carbocycles. The van der Waals surface area contributed by atoms with Gasteiger partial charge in [-0.15, -0.1) is 0 Å².